The van der Waals surface area contributed by atoms with Crippen LogP contribution in [0.15, 0.2) is 18.2 Å². The molecule has 1 atom stereocenters. The summed E-state index contributed by atoms with van der Waals surface area (Å²) in [6, 6.07) is 3.67. The highest BCUT2D eigenvalue weighted by atomic mass is 19.4. The highest BCUT2D eigenvalue weighted by Crippen LogP contribution is 2.32. The molecule has 0 aliphatic rings. The second-order valence-corrected chi connectivity index (χ2v) is 4.41. The summed E-state index contributed by atoms with van der Waals surface area (Å²) in [4.78, 5) is 0. The minimum atomic E-state index is -4.35. The molecular formula is C13H20F3N3. The van der Waals surface area contributed by atoms with E-state index in [9.17, 15) is 13.2 Å². The molecule has 0 spiro atoms. The Bertz CT molecular complexity index is 401. The van der Waals surface area contributed by atoms with Crippen LogP contribution in [0.2, 0.25) is 0 Å². The fourth-order valence-electron chi connectivity index (χ4n) is 1.82. The first-order valence-corrected chi connectivity index (χ1v) is 6.26. The first kappa shape index (κ1) is 15.6. The van der Waals surface area contributed by atoms with Gasteiger partial charge in [-0.25, -0.2) is 0 Å². The van der Waals surface area contributed by atoms with Crippen molar-refractivity contribution in [1.29, 1.82) is 0 Å². The summed E-state index contributed by atoms with van der Waals surface area (Å²) in [5.74, 6) is 0. The van der Waals surface area contributed by atoms with Crippen LogP contribution in [0, 0.1) is 0 Å². The van der Waals surface area contributed by atoms with Crippen molar-refractivity contribution in [3.8, 4) is 0 Å². The van der Waals surface area contributed by atoms with E-state index >= 15 is 0 Å². The van der Waals surface area contributed by atoms with Crippen molar-refractivity contribution in [1.82, 2.24) is 5.32 Å². The van der Waals surface area contributed by atoms with Crippen molar-refractivity contribution in [3.05, 3.63) is 23.8 Å². The van der Waals surface area contributed by atoms with Gasteiger partial charge in [-0.15, -0.1) is 0 Å². The fraction of sp³-hybridized carbons (Fsp3) is 0.538. The Morgan fingerprint density at radius 1 is 1.32 bits per heavy atom. The predicted molar refractivity (Wildman–Crippen MR) is 72.1 cm³/mol. The molecule has 0 amide bonds. The summed E-state index contributed by atoms with van der Waals surface area (Å²) in [5, 5.41) is 6.10. The number of hydrogen-bond donors (Lipinski definition) is 3. The Kier molecular flexibility index (Phi) is 5.47. The van der Waals surface area contributed by atoms with Crippen molar-refractivity contribution in [2.24, 2.45) is 0 Å². The zero-order valence-corrected chi connectivity index (χ0v) is 11.1. The average molecular weight is 275 g/mol. The SMILES string of the molecule is CCC(CCNc1cc(C(F)(F)F)ccc1N)NC. The second-order valence-electron chi connectivity index (χ2n) is 4.41. The molecule has 1 unspecified atom stereocenters. The van der Waals surface area contributed by atoms with Gasteiger partial charge in [0.05, 0.1) is 16.9 Å². The predicted octanol–water partition coefficient (Wildman–Crippen LogP) is 3.09. The molecule has 6 heteroatoms. The molecule has 4 N–H and O–H groups in total. The van der Waals surface area contributed by atoms with Gasteiger partial charge in [-0.05, 0) is 38.1 Å². The van der Waals surface area contributed by atoms with Crippen LogP contribution in [0.4, 0.5) is 24.5 Å². The summed E-state index contributed by atoms with van der Waals surface area (Å²) < 4.78 is 37.7. The molecule has 108 valence electrons. The van der Waals surface area contributed by atoms with Crippen LogP contribution in [-0.4, -0.2) is 19.6 Å². The lowest BCUT2D eigenvalue weighted by atomic mass is 10.1. The van der Waals surface area contributed by atoms with Crippen LogP contribution >= 0.6 is 0 Å². The van der Waals surface area contributed by atoms with E-state index in [0.29, 0.717) is 24.0 Å². The molecule has 19 heavy (non-hydrogen) atoms. The van der Waals surface area contributed by atoms with E-state index in [2.05, 4.69) is 17.6 Å². The number of nitrogen functional groups attached to an aromatic ring is 1. The molecular weight excluding hydrogens is 255 g/mol. The minimum absolute atomic E-state index is 0.325. The molecule has 3 nitrogen and oxygen atoms in total. The van der Waals surface area contributed by atoms with Crippen LogP contribution in [0.3, 0.4) is 0 Å². The van der Waals surface area contributed by atoms with E-state index in [1.165, 1.54) is 6.07 Å². The topological polar surface area (TPSA) is 50.1 Å². The zero-order valence-electron chi connectivity index (χ0n) is 11.1. The molecule has 0 fully saturated rings. The third-order valence-corrected chi connectivity index (χ3v) is 3.09. The number of benzene rings is 1. The van der Waals surface area contributed by atoms with Crippen molar-refractivity contribution < 1.29 is 13.2 Å². The number of rotatable bonds is 6. The van der Waals surface area contributed by atoms with Gasteiger partial charge in [-0.1, -0.05) is 6.92 Å². The van der Waals surface area contributed by atoms with Crippen LogP contribution in [0.25, 0.3) is 0 Å². The molecule has 0 aliphatic carbocycles. The maximum atomic E-state index is 12.6. The molecule has 1 rings (SSSR count). The summed E-state index contributed by atoms with van der Waals surface area (Å²) in [6.07, 6.45) is -2.56. The van der Waals surface area contributed by atoms with Crippen LogP contribution < -0.4 is 16.4 Å². The molecule has 0 radical (unpaired) electrons. The Morgan fingerprint density at radius 3 is 2.53 bits per heavy atom. The number of hydrogen-bond acceptors (Lipinski definition) is 3. The molecule has 0 saturated heterocycles. The first-order chi connectivity index (χ1) is 8.88. The number of halogens is 3. The third kappa shape index (κ3) is 4.63. The third-order valence-electron chi connectivity index (χ3n) is 3.09. The summed E-state index contributed by atoms with van der Waals surface area (Å²) in [5.41, 5.74) is 5.64. The van der Waals surface area contributed by atoms with Gasteiger partial charge in [0, 0.05) is 12.6 Å². The molecule has 0 bridgehead atoms. The van der Waals surface area contributed by atoms with E-state index in [1.54, 1.807) is 0 Å². The monoisotopic (exact) mass is 275 g/mol. The summed E-state index contributed by atoms with van der Waals surface area (Å²) in [6.45, 7) is 2.63. The lowest BCUT2D eigenvalue weighted by Crippen LogP contribution is -2.26. The van der Waals surface area contributed by atoms with Crippen LogP contribution in [0.1, 0.15) is 25.3 Å². The van der Waals surface area contributed by atoms with Gasteiger partial charge >= 0.3 is 6.18 Å². The van der Waals surface area contributed by atoms with Crippen molar-refractivity contribution in [2.75, 3.05) is 24.6 Å². The molecule has 1 aromatic carbocycles. The molecule has 0 saturated carbocycles. The number of alkyl halides is 3. The molecule has 0 heterocycles. The minimum Gasteiger partial charge on any atom is -0.397 e. The van der Waals surface area contributed by atoms with E-state index < -0.39 is 11.7 Å². The Labute approximate surface area is 111 Å². The van der Waals surface area contributed by atoms with Gasteiger partial charge in [-0.2, -0.15) is 13.2 Å². The smallest absolute Gasteiger partial charge is 0.397 e. The Hall–Kier alpha value is -1.43. The van der Waals surface area contributed by atoms with Gasteiger partial charge in [0.25, 0.3) is 0 Å². The van der Waals surface area contributed by atoms with Gasteiger partial charge in [0.1, 0.15) is 0 Å². The quantitative estimate of drug-likeness (QED) is 0.699. The maximum Gasteiger partial charge on any atom is 0.416 e. The highest BCUT2D eigenvalue weighted by Gasteiger charge is 2.30. The van der Waals surface area contributed by atoms with Crippen molar-refractivity contribution >= 4 is 11.4 Å². The lowest BCUT2D eigenvalue weighted by molar-refractivity contribution is -0.137. The van der Waals surface area contributed by atoms with Crippen molar-refractivity contribution in [2.45, 2.75) is 32.0 Å². The van der Waals surface area contributed by atoms with Crippen molar-refractivity contribution in [3.63, 3.8) is 0 Å². The Balaban J connectivity index is 2.67. The maximum absolute atomic E-state index is 12.6. The molecule has 0 aliphatic heterocycles. The highest BCUT2D eigenvalue weighted by molar-refractivity contribution is 5.67. The zero-order chi connectivity index (χ0) is 14.5. The van der Waals surface area contributed by atoms with E-state index in [4.69, 9.17) is 5.73 Å². The van der Waals surface area contributed by atoms with Gasteiger partial charge in [0.15, 0.2) is 0 Å². The van der Waals surface area contributed by atoms with E-state index in [0.717, 1.165) is 25.0 Å². The van der Waals surface area contributed by atoms with E-state index in [1.807, 2.05) is 7.05 Å². The molecule has 0 aromatic heterocycles. The fourth-order valence-corrected chi connectivity index (χ4v) is 1.82. The number of anilines is 2. The summed E-state index contributed by atoms with van der Waals surface area (Å²) >= 11 is 0. The Morgan fingerprint density at radius 2 is 2.00 bits per heavy atom. The van der Waals surface area contributed by atoms with E-state index in [-0.39, 0.29) is 0 Å². The average Bonchev–Trinajstić information content (AvgIpc) is 2.35. The van der Waals surface area contributed by atoms with Gasteiger partial charge < -0.3 is 16.4 Å². The van der Waals surface area contributed by atoms with Gasteiger partial charge in [-0.3, -0.25) is 0 Å². The standard InChI is InChI=1S/C13H20F3N3/c1-3-10(18-2)6-7-19-12-8-9(13(14,15)16)4-5-11(12)17/h4-5,8,10,18-19H,3,6-7,17H2,1-2H3. The second kappa shape index (κ2) is 6.65. The summed E-state index contributed by atoms with van der Waals surface area (Å²) in [7, 11) is 1.87. The van der Waals surface area contributed by atoms with Crippen LogP contribution in [0.5, 0.6) is 0 Å². The number of nitrogens with two attached hydrogens (primary N) is 1. The van der Waals surface area contributed by atoms with Gasteiger partial charge in [0.2, 0.25) is 0 Å². The van der Waals surface area contributed by atoms with Crippen LogP contribution in [-0.2, 0) is 6.18 Å². The normalized spacial score (nSPS) is 13.3. The largest absolute Gasteiger partial charge is 0.416 e. The molecule has 1 aromatic rings. The lowest BCUT2D eigenvalue weighted by Gasteiger charge is -2.16. The number of nitrogens with one attached hydrogen (secondary N) is 2. The first-order valence-electron chi connectivity index (χ1n) is 6.26.